The largest absolute Gasteiger partial charge is 0.419 e. The molecule has 0 unspecified atom stereocenters. The van der Waals surface area contributed by atoms with Gasteiger partial charge >= 0.3 is 17.6 Å². The van der Waals surface area contributed by atoms with Crippen molar-refractivity contribution < 1.29 is 14.0 Å². The van der Waals surface area contributed by atoms with Crippen LogP contribution in [0.4, 0.5) is 5.69 Å². The van der Waals surface area contributed by atoms with Crippen LogP contribution in [0.25, 0.3) is 11.1 Å². The van der Waals surface area contributed by atoms with E-state index in [9.17, 15) is 14.4 Å². The minimum Gasteiger partial charge on any atom is -0.408 e. The van der Waals surface area contributed by atoms with Gasteiger partial charge in [-0.15, -0.1) is 0 Å². The number of aryl methyl sites for hydroxylation is 1. The lowest BCUT2D eigenvalue weighted by Gasteiger charge is -2.26. The molecule has 0 spiro atoms. The SMILES string of the molecule is C[C@@H]1CCC[C@H](CNC(=O)C(=O)Nc2ccc3c(c2)oc(=O)n3C)C1. The lowest BCUT2D eigenvalue weighted by molar-refractivity contribution is -0.136. The molecule has 0 radical (unpaired) electrons. The summed E-state index contributed by atoms with van der Waals surface area (Å²) in [6, 6.07) is 4.83. The second kappa shape index (κ2) is 7.13. The Labute approximate surface area is 145 Å². The highest BCUT2D eigenvalue weighted by atomic mass is 16.4. The third kappa shape index (κ3) is 3.92. The summed E-state index contributed by atoms with van der Waals surface area (Å²) in [5, 5.41) is 5.25. The number of aromatic nitrogens is 1. The van der Waals surface area contributed by atoms with Crippen molar-refractivity contribution in [1.29, 1.82) is 0 Å². The molecule has 25 heavy (non-hydrogen) atoms. The van der Waals surface area contributed by atoms with Crippen molar-refractivity contribution in [3.63, 3.8) is 0 Å². The lowest BCUT2D eigenvalue weighted by Crippen LogP contribution is -2.38. The fourth-order valence-corrected chi connectivity index (χ4v) is 3.46. The summed E-state index contributed by atoms with van der Waals surface area (Å²) in [5.74, 6) is -0.723. The van der Waals surface area contributed by atoms with Crippen LogP contribution in [0.2, 0.25) is 0 Å². The van der Waals surface area contributed by atoms with Gasteiger partial charge in [-0.2, -0.15) is 0 Å². The molecule has 2 aromatic rings. The first-order valence-corrected chi connectivity index (χ1v) is 8.63. The van der Waals surface area contributed by atoms with Gasteiger partial charge in [0.15, 0.2) is 5.58 Å². The van der Waals surface area contributed by atoms with Crippen molar-refractivity contribution in [3.8, 4) is 0 Å². The zero-order valence-electron chi connectivity index (χ0n) is 14.5. The van der Waals surface area contributed by atoms with Crippen LogP contribution in [0, 0.1) is 11.8 Å². The number of fused-ring (bicyclic) bond motifs is 1. The maximum absolute atomic E-state index is 12.0. The normalized spacial score (nSPS) is 20.4. The summed E-state index contributed by atoms with van der Waals surface area (Å²) >= 11 is 0. The molecule has 3 rings (SSSR count). The van der Waals surface area contributed by atoms with Crippen LogP contribution in [0.3, 0.4) is 0 Å². The molecule has 134 valence electrons. The fourth-order valence-electron chi connectivity index (χ4n) is 3.46. The van der Waals surface area contributed by atoms with E-state index in [0.717, 1.165) is 12.8 Å². The quantitative estimate of drug-likeness (QED) is 0.832. The Kier molecular flexibility index (Phi) is 4.92. The number of carbonyl (C=O) groups excluding carboxylic acids is 2. The van der Waals surface area contributed by atoms with Crippen LogP contribution >= 0.6 is 0 Å². The van der Waals surface area contributed by atoms with Gasteiger partial charge in [0.2, 0.25) is 0 Å². The molecular weight excluding hydrogens is 322 g/mol. The molecule has 7 nitrogen and oxygen atoms in total. The van der Waals surface area contributed by atoms with E-state index in [4.69, 9.17) is 4.42 Å². The molecule has 0 saturated heterocycles. The van der Waals surface area contributed by atoms with E-state index < -0.39 is 17.6 Å². The maximum atomic E-state index is 12.0. The molecule has 2 N–H and O–H groups in total. The molecule has 0 aliphatic heterocycles. The van der Waals surface area contributed by atoms with Crippen LogP contribution < -0.4 is 16.4 Å². The van der Waals surface area contributed by atoms with Gasteiger partial charge in [0.25, 0.3) is 0 Å². The second-order valence-electron chi connectivity index (χ2n) is 6.91. The van der Waals surface area contributed by atoms with Gasteiger partial charge in [0.05, 0.1) is 5.52 Å². The van der Waals surface area contributed by atoms with Gasteiger partial charge in [-0.05, 0) is 36.8 Å². The van der Waals surface area contributed by atoms with Gasteiger partial charge in [-0.1, -0.05) is 19.8 Å². The van der Waals surface area contributed by atoms with Crippen molar-refractivity contribution in [2.45, 2.75) is 32.6 Å². The summed E-state index contributed by atoms with van der Waals surface area (Å²) in [4.78, 5) is 35.5. The van der Waals surface area contributed by atoms with E-state index in [1.807, 2.05) is 0 Å². The average Bonchev–Trinajstić information content (AvgIpc) is 2.86. The monoisotopic (exact) mass is 345 g/mol. The van der Waals surface area contributed by atoms with Gasteiger partial charge in [-0.25, -0.2) is 4.79 Å². The molecule has 1 aliphatic carbocycles. The summed E-state index contributed by atoms with van der Waals surface area (Å²) in [5.41, 5.74) is 1.40. The number of nitrogens with one attached hydrogen (secondary N) is 2. The van der Waals surface area contributed by atoms with Crippen LogP contribution in [0.15, 0.2) is 27.4 Å². The molecule has 2 amide bonds. The first-order chi connectivity index (χ1) is 11.9. The predicted octanol–water partition coefficient (Wildman–Crippen LogP) is 2.01. The Bertz CT molecular complexity index is 852. The number of hydrogen-bond acceptors (Lipinski definition) is 4. The predicted molar refractivity (Wildman–Crippen MR) is 94.2 cm³/mol. The number of anilines is 1. The van der Waals surface area contributed by atoms with E-state index in [1.54, 1.807) is 19.2 Å². The van der Waals surface area contributed by atoms with Gasteiger partial charge in [0, 0.05) is 25.3 Å². The second-order valence-corrected chi connectivity index (χ2v) is 6.91. The number of carbonyl (C=O) groups is 2. The summed E-state index contributed by atoms with van der Waals surface area (Å²) < 4.78 is 6.45. The Morgan fingerprint density at radius 1 is 1.28 bits per heavy atom. The Morgan fingerprint density at radius 2 is 2.08 bits per heavy atom. The van der Waals surface area contributed by atoms with E-state index in [2.05, 4.69) is 17.6 Å². The van der Waals surface area contributed by atoms with Crippen molar-refractivity contribution in [3.05, 3.63) is 28.7 Å². The van der Waals surface area contributed by atoms with Gasteiger partial charge < -0.3 is 15.1 Å². The smallest absolute Gasteiger partial charge is 0.408 e. The van der Waals surface area contributed by atoms with Gasteiger partial charge in [-0.3, -0.25) is 14.2 Å². The van der Waals surface area contributed by atoms with Crippen LogP contribution in [-0.2, 0) is 16.6 Å². The summed E-state index contributed by atoms with van der Waals surface area (Å²) in [7, 11) is 1.60. The number of oxazole rings is 1. The fraction of sp³-hybridized carbons (Fsp3) is 0.500. The molecule has 1 aliphatic rings. The third-order valence-electron chi connectivity index (χ3n) is 4.85. The summed E-state index contributed by atoms with van der Waals surface area (Å²) in [6.45, 7) is 2.75. The molecule has 0 bridgehead atoms. The first-order valence-electron chi connectivity index (χ1n) is 8.63. The number of benzene rings is 1. The van der Waals surface area contributed by atoms with E-state index in [-0.39, 0.29) is 0 Å². The molecule has 1 aromatic carbocycles. The van der Waals surface area contributed by atoms with Crippen molar-refractivity contribution in [2.75, 3.05) is 11.9 Å². The molecular formula is C18H23N3O4. The Balaban J connectivity index is 1.57. The minimum absolute atomic E-state index is 0.363. The van der Waals surface area contributed by atoms with Crippen molar-refractivity contribution >= 4 is 28.6 Å². The molecule has 1 aromatic heterocycles. The zero-order valence-corrected chi connectivity index (χ0v) is 14.5. The summed E-state index contributed by atoms with van der Waals surface area (Å²) in [6.07, 6.45) is 4.60. The number of nitrogens with zero attached hydrogens (tertiary/aromatic N) is 1. The lowest BCUT2D eigenvalue weighted by atomic mass is 9.82. The molecule has 1 fully saturated rings. The molecule has 2 atom stereocenters. The van der Waals surface area contributed by atoms with E-state index in [0.29, 0.717) is 35.2 Å². The highest BCUT2D eigenvalue weighted by Gasteiger charge is 2.21. The van der Waals surface area contributed by atoms with Crippen molar-refractivity contribution in [2.24, 2.45) is 18.9 Å². The topological polar surface area (TPSA) is 93.3 Å². The highest BCUT2D eigenvalue weighted by molar-refractivity contribution is 6.39. The minimum atomic E-state index is -0.721. The number of amides is 2. The standard InChI is InChI=1S/C18H23N3O4/c1-11-4-3-5-12(8-11)10-19-16(22)17(23)20-13-6-7-14-15(9-13)25-18(24)21(14)2/h6-7,9,11-12H,3-5,8,10H2,1-2H3,(H,19,22)(H,20,23)/t11-,12+/m1/s1. The average molecular weight is 345 g/mol. The zero-order chi connectivity index (χ0) is 18.0. The molecule has 1 saturated carbocycles. The Hall–Kier alpha value is -2.57. The van der Waals surface area contributed by atoms with Crippen molar-refractivity contribution in [1.82, 2.24) is 9.88 Å². The van der Waals surface area contributed by atoms with Gasteiger partial charge in [0.1, 0.15) is 0 Å². The van der Waals surface area contributed by atoms with Crippen LogP contribution in [0.5, 0.6) is 0 Å². The number of rotatable bonds is 3. The Morgan fingerprint density at radius 3 is 2.84 bits per heavy atom. The first kappa shape index (κ1) is 17.3. The molecule has 1 heterocycles. The molecule has 7 heteroatoms. The van der Waals surface area contributed by atoms with E-state index >= 15 is 0 Å². The third-order valence-corrected chi connectivity index (χ3v) is 4.85. The maximum Gasteiger partial charge on any atom is 0.419 e. The highest BCUT2D eigenvalue weighted by Crippen LogP contribution is 2.27. The number of hydrogen-bond donors (Lipinski definition) is 2. The van der Waals surface area contributed by atoms with Crippen LogP contribution in [0.1, 0.15) is 32.6 Å². The van der Waals surface area contributed by atoms with E-state index in [1.165, 1.54) is 23.5 Å². The van der Waals surface area contributed by atoms with Crippen LogP contribution in [-0.4, -0.2) is 22.9 Å².